The molecule has 0 unspecified atom stereocenters. The normalized spacial score (nSPS) is 10.4. The van der Waals surface area contributed by atoms with E-state index in [1.165, 1.54) is 11.5 Å². The number of nitrogens with zero attached hydrogens (tertiary/aromatic N) is 2. The second kappa shape index (κ2) is 7.25. The van der Waals surface area contributed by atoms with Gasteiger partial charge in [-0.25, -0.2) is 0 Å². The number of carbonyl (C=O) groups excluding carboxylic acids is 1. The van der Waals surface area contributed by atoms with Gasteiger partial charge in [-0.3, -0.25) is 4.79 Å². The molecule has 2 rings (SSSR count). The van der Waals surface area contributed by atoms with E-state index < -0.39 is 0 Å². The van der Waals surface area contributed by atoms with Gasteiger partial charge in [-0.15, -0.1) is 5.10 Å². The van der Waals surface area contributed by atoms with Crippen molar-refractivity contribution in [3.8, 4) is 11.3 Å². The predicted octanol–water partition coefficient (Wildman–Crippen LogP) is 2.57. The lowest BCUT2D eigenvalue weighted by molar-refractivity contribution is -0.120. The molecule has 1 aromatic heterocycles. The van der Waals surface area contributed by atoms with Gasteiger partial charge >= 0.3 is 0 Å². The molecule has 0 fully saturated rings. The van der Waals surface area contributed by atoms with Crippen LogP contribution in [0.15, 0.2) is 29.6 Å². The minimum absolute atomic E-state index is 0.0992. The molecule has 0 aliphatic carbocycles. The minimum Gasteiger partial charge on any atom is -0.352 e. The Bertz CT molecular complexity index is 511. The second-order valence-electron chi connectivity index (χ2n) is 4.01. The van der Waals surface area contributed by atoms with E-state index in [-0.39, 0.29) is 5.91 Å². The fraction of sp³-hybridized carbons (Fsp3) is 0.308. The van der Waals surface area contributed by atoms with Crippen molar-refractivity contribution in [3.63, 3.8) is 0 Å². The summed E-state index contributed by atoms with van der Waals surface area (Å²) < 4.78 is 3.84. The Balaban J connectivity index is 1.87. The highest BCUT2D eigenvalue weighted by Crippen LogP contribution is 2.17. The predicted molar refractivity (Wildman–Crippen MR) is 80.2 cm³/mol. The second-order valence-corrected chi connectivity index (χ2v) is 5.60. The van der Waals surface area contributed by atoms with Crippen LogP contribution >= 0.6 is 23.3 Å². The van der Waals surface area contributed by atoms with Crippen LogP contribution in [0.3, 0.4) is 0 Å². The Labute approximate surface area is 120 Å². The summed E-state index contributed by atoms with van der Waals surface area (Å²) in [6, 6.07) is 8.01. The lowest BCUT2D eigenvalue weighted by atomic mass is 10.1. The summed E-state index contributed by atoms with van der Waals surface area (Å²) >= 11 is 3.02. The maximum atomic E-state index is 11.5. The molecule has 0 aliphatic rings. The molecular weight excluding hydrogens is 278 g/mol. The van der Waals surface area contributed by atoms with Crippen LogP contribution in [-0.4, -0.2) is 27.5 Å². The van der Waals surface area contributed by atoms with E-state index in [0.29, 0.717) is 13.0 Å². The first-order chi connectivity index (χ1) is 9.29. The van der Waals surface area contributed by atoms with Gasteiger partial charge in [0.1, 0.15) is 5.69 Å². The van der Waals surface area contributed by atoms with E-state index in [2.05, 4.69) is 14.9 Å². The lowest BCUT2D eigenvalue weighted by Crippen LogP contribution is -2.22. The standard InChI is InChI=1S/C13H15N3OS2/c1-18-7-6-13(17)14-8-10-2-4-11(5-3-10)12-9-19-16-15-12/h2-5,9H,6-8H2,1H3,(H,14,17). The highest BCUT2D eigenvalue weighted by Gasteiger charge is 2.03. The van der Waals surface area contributed by atoms with E-state index in [1.54, 1.807) is 11.8 Å². The van der Waals surface area contributed by atoms with Gasteiger partial charge in [-0.2, -0.15) is 11.8 Å². The van der Waals surface area contributed by atoms with Gasteiger partial charge in [-0.05, 0) is 23.4 Å². The third kappa shape index (κ3) is 4.33. The summed E-state index contributed by atoms with van der Waals surface area (Å²) in [5.74, 6) is 0.962. The molecule has 19 heavy (non-hydrogen) atoms. The van der Waals surface area contributed by atoms with Crippen molar-refractivity contribution >= 4 is 29.2 Å². The molecule has 0 bridgehead atoms. The molecule has 1 N–H and O–H groups in total. The zero-order valence-corrected chi connectivity index (χ0v) is 12.3. The van der Waals surface area contributed by atoms with Gasteiger partial charge in [-0.1, -0.05) is 28.8 Å². The molecule has 100 valence electrons. The number of carbonyl (C=O) groups is 1. The van der Waals surface area contributed by atoms with Gasteiger partial charge < -0.3 is 5.32 Å². The molecule has 6 heteroatoms. The van der Waals surface area contributed by atoms with Crippen LogP contribution in [0.5, 0.6) is 0 Å². The average Bonchev–Trinajstić information content (AvgIpc) is 2.97. The lowest BCUT2D eigenvalue weighted by Gasteiger charge is -2.05. The largest absolute Gasteiger partial charge is 0.352 e. The third-order valence-corrected chi connectivity index (χ3v) is 3.75. The zero-order valence-electron chi connectivity index (χ0n) is 10.6. The topological polar surface area (TPSA) is 54.9 Å². The molecule has 0 aliphatic heterocycles. The van der Waals surface area contributed by atoms with E-state index in [1.807, 2.05) is 35.9 Å². The molecule has 0 saturated heterocycles. The van der Waals surface area contributed by atoms with Gasteiger partial charge in [0.25, 0.3) is 0 Å². The molecular formula is C13H15N3OS2. The van der Waals surface area contributed by atoms with E-state index >= 15 is 0 Å². The maximum Gasteiger partial charge on any atom is 0.221 e. The Hall–Kier alpha value is -1.40. The molecule has 1 amide bonds. The fourth-order valence-electron chi connectivity index (χ4n) is 1.57. The van der Waals surface area contributed by atoms with Crippen LogP contribution < -0.4 is 5.32 Å². The number of hydrogen-bond acceptors (Lipinski definition) is 5. The maximum absolute atomic E-state index is 11.5. The van der Waals surface area contributed by atoms with Crippen molar-refractivity contribution in [2.24, 2.45) is 0 Å². The summed E-state index contributed by atoms with van der Waals surface area (Å²) in [7, 11) is 0. The quantitative estimate of drug-likeness (QED) is 0.889. The van der Waals surface area contributed by atoms with E-state index in [9.17, 15) is 4.79 Å². The summed E-state index contributed by atoms with van der Waals surface area (Å²) in [4.78, 5) is 11.5. The molecule has 0 spiro atoms. The Morgan fingerprint density at radius 1 is 1.37 bits per heavy atom. The summed E-state index contributed by atoms with van der Waals surface area (Å²) in [5, 5.41) is 8.85. The van der Waals surface area contributed by atoms with Crippen LogP contribution in [0.1, 0.15) is 12.0 Å². The molecule has 0 saturated carbocycles. The number of thioether (sulfide) groups is 1. The van der Waals surface area contributed by atoms with Crippen molar-refractivity contribution < 1.29 is 4.79 Å². The van der Waals surface area contributed by atoms with Crippen molar-refractivity contribution in [1.82, 2.24) is 14.9 Å². The highest BCUT2D eigenvalue weighted by molar-refractivity contribution is 7.98. The molecule has 4 nitrogen and oxygen atoms in total. The number of amides is 1. The summed E-state index contributed by atoms with van der Waals surface area (Å²) in [6.07, 6.45) is 2.57. The number of hydrogen-bond donors (Lipinski definition) is 1. The van der Waals surface area contributed by atoms with Crippen molar-refractivity contribution in [2.45, 2.75) is 13.0 Å². The van der Waals surface area contributed by atoms with Crippen molar-refractivity contribution in [2.75, 3.05) is 12.0 Å². The zero-order chi connectivity index (χ0) is 13.5. The smallest absolute Gasteiger partial charge is 0.221 e. The third-order valence-electron chi connectivity index (χ3n) is 2.63. The number of rotatable bonds is 6. The van der Waals surface area contributed by atoms with Crippen LogP contribution in [0.4, 0.5) is 0 Å². The molecule has 2 aromatic rings. The van der Waals surface area contributed by atoms with Gasteiger partial charge in [0.05, 0.1) is 0 Å². The van der Waals surface area contributed by atoms with E-state index in [0.717, 1.165) is 22.6 Å². The first-order valence-electron chi connectivity index (χ1n) is 5.91. The number of benzene rings is 1. The minimum atomic E-state index is 0.0992. The van der Waals surface area contributed by atoms with Gasteiger partial charge in [0.2, 0.25) is 5.91 Å². The fourth-order valence-corrected chi connectivity index (χ4v) is 2.42. The molecule has 0 atom stereocenters. The molecule has 1 heterocycles. The van der Waals surface area contributed by atoms with Crippen molar-refractivity contribution in [1.29, 1.82) is 0 Å². The summed E-state index contributed by atoms with van der Waals surface area (Å²) in [6.45, 7) is 0.572. The van der Waals surface area contributed by atoms with Crippen LogP contribution in [0.25, 0.3) is 11.3 Å². The Kier molecular flexibility index (Phi) is 5.35. The van der Waals surface area contributed by atoms with Crippen molar-refractivity contribution in [3.05, 3.63) is 35.2 Å². The Morgan fingerprint density at radius 3 is 2.79 bits per heavy atom. The Morgan fingerprint density at radius 2 is 2.16 bits per heavy atom. The van der Waals surface area contributed by atoms with E-state index in [4.69, 9.17) is 0 Å². The van der Waals surface area contributed by atoms with Gasteiger partial charge in [0.15, 0.2) is 0 Å². The average molecular weight is 293 g/mol. The van der Waals surface area contributed by atoms with Crippen LogP contribution in [0, 0.1) is 0 Å². The first kappa shape index (κ1) is 14.0. The molecule has 1 aromatic carbocycles. The summed E-state index contributed by atoms with van der Waals surface area (Å²) in [5.41, 5.74) is 3.02. The highest BCUT2D eigenvalue weighted by atomic mass is 32.2. The first-order valence-corrected chi connectivity index (χ1v) is 8.14. The number of aromatic nitrogens is 2. The molecule has 0 radical (unpaired) electrons. The number of nitrogens with one attached hydrogen (secondary N) is 1. The van der Waals surface area contributed by atoms with Crippen LogP contribution in [-0.2, 0) is 11.3 Å². The monoisotopic (exact) mass is 293 g/mol. The van der Waals surface area contributed by atoms with Gasteiger partial charge in [0, 0.05) is 29.7 Å². The van der Waals surface area contributed by atoms with Crippen LogP contribution in [0.2, 0.25) is 0 Å². The SMILES string of the molecule is CSCCC(=O)NCc1ccc(-c2csnn2)cc1.